The first kappa shape index (κ1) is 36.1. The Hall–Kier alpha value is -1.33. The number of nitrogens with one attached hydrogen (secondary N) is 3. The molecule has 1 saturated carbocycles. The Morgan fingerprint density at radius 1 is 1.07 bits per heavy atom. The average molecular weight is 626 g/mol. The van der Waals surface area contributed by atoms with E-state index in [-0.39, 0.29) is 32.7 Å². The van der Waals surface area contributed by atoms with Crippen molar-refractivity contribution in [2.75, 3.05) is 46.4 Å². The van der Waals surface area contributed by atoms with Gasteiger partial charge in [-0.25, -0.2) is 9.86 Å². The van der Waals surface area contributed by atoms with E-state index in [0.29, 0.717) is 24.6 Å². The van der Waals surface area contributed by atoms with Crippen molar-refractivity contribution in [1.82, 2.24) is 21.0 Å². The van der Waals surface area contributed by atoms with Crippen LogP contribution in [0.5, 0.6) is 0 Å². The van der Waals surface area contributed by atoms with Gasteiger partial charge in [-0.1, -0.05) is 0 Å². The van der Waals surface area contributed by atoms with Crippen LogP contribution in [0.1, 0.15) is 19.8 Å². The Labute approximate surface area is 250 Å². The number of nitrogens with zero attached hydrogens (tertiary/aromatic N) is 1. The third kappa shape index (κ3) is 8.29. The molecule has 14 atom stereocenters. The maximum atomic E-state index is 12.7. The molecule has 0 aromatic carbocycles. The predicted octanol–water partition coefficient (Wildman–Crippen LogP) is -6.35. The summed E-state index contributed by atoms with van der Waals surface area (Å²) in [4.78, 5) is 12.7. The highest BCUT2D eigenvalue weighted by molar-refractivity contribution is 5.73. The minimum absolute atomic E-state index is 0.0283. The number of urea groups is 1. The number of carbonyl (C=O) groups is 1. The van der Waals surface area contributed by atoms with Crippen LogP contribution in [-0.2, 0) is 14.2 Å². The summed E-state index contributed by atoms with van der Waals surface area (Å²) in [6, 6.07) is -3.82. The summed E-state index contributed by atoms with van der Waals surface area (Å²) >= 11 is 0. The molecule has 3 aliphatic rings. The normalized spacial score (nSPS) is 43.8. The maximum Gasteiger partial charge on any atom is 0.341 e. The summed E-state index contributed by atoms with van der Waals surface area (Å²) in [7, 11) is 1.54. The molecule has 0 bridgehead atoms. The molecule has 1 aliphatic carbocycles. The number of hydroxylamine groups is 2. The molecule has 18 heteroatoms. The van der Waals surface area contributed by atoms with E-state index < -0.39 is 90.8 Å². The first-order valence-corrected chi connectivity index (χ1v) is 14.6. The van der Waals surface area contributed by atoms with Crippen molar-refractivity contribution in [3.63, 3.8) is 0 Å². The lowest BCUT2D eigenvalue weighted by atomic mass is 9.72. The van der Waals surface area contributed by atoms with Gasteiger partial charge in [-0.15, -0.1) is 0 Å². The van der Waals surface area contributed by atoms with Gasteiger partial charge in [-0.05, 0) is 39.9 Å². The van der Waals surface area contributed by atoms with Gasteiger partial charge in [-0.2, -0.15) is 0 Å². The second kappa shape index (κ2) is 15.8. The molecule has 2 heterocycles. The summed E-state index contributed by atoms with van der Waals surface area (Å²) < 4.78 is 17.7. The van der Waals surface area contributed by atoms with E-state index in [9.17, 15) is 40.6 Å². The second-order valence-electron chi connectivity index (χ2n) is 11.8. The molecule has 0 aromatic heterocycles. The van der Waals surface area contributed by atoms with E-state index in [4.69, 9.17) is 31.4 Å². The molecular weight excluding hydrogens is 574 g/mol. The summed E-state index contributed by atoms with van der Waals surface area (Å²) in [5.41, 5.74) is 16.0. The van der Waals surface area contributed by atoms with Crippen LogP contribution in [0, 0.1) is 5.92 Å². The summed E-state index contributed by atoms with van der Waals surface area (Å²) in [6.45, 7) is 2.09. The molecule has 252 valence electrons. The van der Waals surface area contributed by atoms with Gasteiger partial charge in [0.2, 0.25) is 0 Å². The number of hydrogen-bond acceptors (Lipinski definition) is 16. The van der Waals surface area contributed by atoms with Crippen molar-refractivity contribution >= 4 is 6.03 Å². The van der Waals surface area contributed by atoms with Gasteiger partial charge in [0, 0.05) is 25.0 Å². The zero-order valence-electron chi connectivity index (χ0n) is 24.6. The summed E-state index contributed by atoms with van der Waals surface area (Å²) in [5.74, 6) is -1.10. The monoisotopic (exact) mass is 625 g/mol. The fraction of sp³-hybridized carbons (Fsp3) is 0.960. The standard InChI is InChI=1S/C25H51N7O11/c1-25(39)10-41-23(19(37)22(25)29-2)43-20-12(31-24(38)32(40)7-5-27)8-11(28)14(16(20)34)21-18(36)17(35)15(33)13(42-21)9-30-6-3-4-26/h11-23,29-30,33-37,39-40H,3-10,26-28H2,1-2H3,(H,31,38). The maximum absolute atomic E-state index is 12.7. The molecule has 3 fully saturated rings. The van der Waals surface area contributed by atoms with Gasteiger partial charge in [0.05, 0.1) is 43.5 Å². The molecule has 3 rings (SSSR count). The Kier molecular flexibility index (Phi) is 13.3. The SMILES string of the molecule is CNC1C(O)C(OC2C(NC(=O)N(O)CCN)CC(N)C(C3OC(CNCCCN)C(O)C(O)C3O)C2O)OCC1(C)O. The smallest absolute Gasteiger partial charge is 0.341 e. The lowest BCUT2D eigenvalue weighted by Crippen LogP contribution is -2.71. The zero-order chi connectivity index (χ0) is 32.1. The first-order valence-electron chi connectivity index (χ1n) is 14.6. The number of aliphatic hydroxyl groups excluding tert-OH is 5. The third-order valence-corrected chi connectivity index (χ3v) is 8.50. The summed E-state index contributed by atoms with van der Waals surface area (Å²) in [5, 5.41) is 84.3. The third-order valence-electron chi connectivity index (χ3n) is 8.50. The molecular formula is C25H51N7O11. The molecule has 18 nitrogen and oxygen atoms in total. The van der Waals surface area contributed by atoms with Gasteiger partial charge in [0.15, 0.2) is 6.29 Å². The average Bonchev–Trinajstić information content (AvgIpc) is 2.95. The van der Waals surface area contributed by atoms with Crippen LogP contribution < -0.4 is 33.2 Å². The Morgan fingerprint density at radius 3 is 2.40 bits per heavy atom. The Balaban J connectivity index is 1.88. The van der Waals surface area contributed by atoms with E-state index in [1.807, 2.05) is 0 Å². The van der Waals surface area contributed by atoms with Gasteiger partial charge >= 0.3 is 6.03 Å². The molecule has 0 spiro atoms. The Bertz CT molecular complexity index is 879. The number of likely N-dealkylation sites (N-methyl/N-ethyl adjacent to an activating group) is 1. The van der Waals surface area contributed by atoms with Crippen LogP contribution in [-0.4, -0.2) is 172 Å². The fourth-order valence-corrected chi connectivity index (χ4v) is 6.16. The van der Waals surface area contributed by atoms with Gasteiger partial charge in [-0.3, -0.25) is 5.21 Å². The van der Waals surface area contributed by atoms with Crippen LogP contribution in [0.15, 0.2) is 0 Å². The van der Waals surface area contributed by atoms with Gasteiger partial charge < -0.3 is 78.0 Å². The molecule has 2 saturated heterocycles. The Morgan fingerprint density at radius 2 is 1.77 bits per heavy atom. The number of amides is 2. The van der Waals surface area contributed by atoms with Crippen LogP contribution >= 0.6 is 0 Å². The quantitative estimate of drug-likeness (QED) is 0.0545. The number of ether oxygens (including phenoxy) is 3. The van der Waals surface area contributed by atoms with E-state index in [0.717, 1.165) is 0 Å². The van der Waals surface area contributed by atoms with Crippen molar-refractivity contribution in [1.29, 1.82) is 0 Å². The van der Waals surface area contributed by atoms with E-state index in [1.54, 1.807) is 0 Å². The van der Waals surface area contributed by atoms with Gasteiger partial charge in [0.1, 0.15) is 36.1 Å². The van der Waals surface area contributed by atoms with Gasteiger partial charge in [0.25, 0.3) is 0 Å². The molecule has 14 unspecified atom stereocenters. The van der Waals surface area contributed by atoms with Crippen molar-refractivity contribution < 1.29 is 54.9 Å². The van der Waals surface area contributed by atoms with E-state index in [2.05, 4.69) is 16.0 Å². The number of aliphatic hydroxyl groups is 6. The number of rotatable bonds is 12. The number of nitrogens with two attached hydrogens (primary N) is 3. The largest absolute Gasteiger partial charge is 0.390 e. The highest BCUT2D eigenvalue weighted by Gasteiger charge is 2.56. The van der Waals surface area contributed by atoms with Crippen molar-refractivity contribution in [3.8, 4) is 0 Å². The highest BCUT2D eigenvalue weighted by atomic mass is 16.7. The molecule has 0 aromatic rings. The van der Waals surface area contributed by atoms with Crippen LogP contribution in [0.25, 0.3) is 0 Å². The molecule has 43 heavy (non-hydrogen) atoms. The molecule has 2 amide bonds. The minimum atomic E-state index is -1.65. The second-order valence-corrected chi connectivity index (χ2v) is 11.8. The summed E-state index contributed by atoms with van der Waals surface area (Å²) in [6.07, 6.45) is -12.1. The highest BCUT2D eigenvalue weighted by Crippen LogP contribution is 2.37. The first-order chi connectivity index (χ1) is 20.3. The van der Waals surface area contributed by atoms with Crippen molar-refractivity contribution in [3.05, 3.63) is 0 Å². The fourth-order valence-electron chi connectivity index (χ4n) is 6.16. The number of hydrogen-bond donors (Lipinski definition) is 13. The molecule has 0 radical (unpaired) electrons. The predicted molar refractivity (Wildman–Crippen MR) is 149 cm³/mol. The van der Waals surface area contributed by atoms with E-state index in [1.165, 1.54) is 14.0 Å². The molecule has 16 N–H and O–H groups in total. The van der Waals surface area contributed by atoms with Crippen molar-refractivity contribution in [2.45, 2.75) is 98.6 Å². The van der Waals surface area contributed by atoms with Crippen molar-refractivity contribution in [2.24, 2.45) is 23.1 Å². The lowest BCUT2D eigenvalue weighted by Gasteiger charge is -2.52. The zero-order valence-corrected chi connectivity index (χ0v) is 24.6. The van der Waals surface area contributed by atoms with Crippen LogP contribution in [0.2, 0.25) is 0 Å². The molecule has 2 aliphatic heterocycles. The van der Waals surface area contributed by atoms with Crippen LogP contribution in [0.4, 0.5) is 4.79 Å². The topological polar surface area (TPSA) is 304 Å². The van der Waals surface area contributed by atoms with Crippen LogP contribution in [0.3, 0.4) is 0 Å². The lowest BCUT2D eigenvalue weighted by molar-refractivity contribution is -0.303. The number of carbonyl (C=O) groups excluding carboxylic acids is 1. The van der Waals surface area contributed by atoms with E-state index >= 15 is 0 Å². The minimum Gasteiger partial charge on any atom is -0.390 e.